The van der Waals surface area contributed by atoms with Crippen molar-refractivity contribution < 1.29 is 4.79 Å². The lowest BCUT2D eigenvalue weighted by molar-refractivity contribution is 0.0951. The lowest BCUT2D eigenvalue weighted by Gasteiger charge is -2.08. The molecule has 0 aliphatic carbocycles. The van der Waals surface area contributed by atoms with Gasteiger partial charge in [0.05, 0.1) is 5.56 Å². The van der Waals surface area contributed by atoms with Crippen molar-refractivity contribution >= 4 is 17.7 Å². The highest BCUT2D eigenvalue weighted by molar-refractivity contribution is 7.98. The van der Waals surface area contributed by atoms with Gasteiger partial charge in [-0.1, -0.05) is 0 Å². The summed E-state index contributed by atoms with van der Waals surface area (Å²) in [5, 5.41) is 3.14. The van der Waals surface area contributed by atoms with E-state index in [1.54, 1.807) is 13.2 Å². The van der Waals surface area contributed by atoms with E-state index in [4.69, 9.17) is 0 Å². The normalized spacial score (nSPS) is 10.1. The van der Waals surface area contributed by atoms with E-state index in [0.29, 0.717) is 22.8 Å². The lowest BCUT2D eigenvalue weighted by Crippen LogP contribution is -2.27. The average molecular weight is 227 g/mol. The van der Waals surface area contributed by atoms with Crippen LogP contribution in [0.2, 0.25) is 0 Å². The first-order chi connectivity index (χ1) is 7.10. The summed E-state index contributed by atoms with van der Waals surface area (Å²) in [6, 6.07) is 0. The number of carbonyl (C=O) groups is 1. The summed E-state index contributed by atoms with van der Waals surface area (Å²) < 4.78 is 0. The number of nitrogens with zero attached hydrogens (tertiary/aromatic N) is 1. The van der Waals surface area contributed by atoms with Gasteiger partial charge in [-0.15, -0.1) is 11.8 Å². The van der Waals surface area contributed by atoms with Crippen LogP contribution in [-0.4, -0.2) is 28.7 Å². The molecule has 1 aromatic rings. The molecule has 2 N–H and O–H groups in total. The van der Waals surface area contributed by atoms with Crippen molar-refractivity contribution in [1.82, 2.24) is 15.3 Å². The summed E-state index contributed by atoms with van der Waals surface area (Å²) in [4.78, 5) is 29.0. The topological polar surface area (TPSA) is 74.8 Å². The molecule has 0 aromatic carbocycles. The van der Waals surface area contributed by atoms with E-state index in [1.165, 1.54) is 11.8 Å². The van der Waals surface area contributed by atoms with Crippen LogP contribution >= 0.6 is 11.8 Å². The van der Waals surface area contributed by atoms with E-state index in [2.05, 4.69) is 15.3 Å². The summed E-state index contributed by atoms with van der Waals surface area (Å²) in [7, 11) is 0. The third-order valence-corrected chi connectivity index (χ3v) is 2.53. The highest BCUT2D eigenvalue weighted by Gasteiger charge is 2.15. The zero-order valence-corrected chi connectivity index (χ0v) is 9.70. The summed E-state index contributed by atoms with van der Waals surface area (Å²) in [6.45, 7) is 4.07. The number of amides is 1. The van der Waals surface area contributed by atoms with Gasteiger partial charge in [0.15, 0.2) is 0 Å². The maximum Gasteiger partial charge on any atom is 0.346 e. The van der Waals surface area contributed by atoms with Crippen LogP contribution in [0.1, 0.15) is 23.0 Å². The third kappa shape index (κ3) is 2.59. The second-order valence-electron chi connectivity index (χ2n) is 2.91. The first-order valence-electron chi connectivity index (χ1n) is 4.53. The Morgan fingerprint density at radius 3 is 2.80 bits per heavy atom. The minimum absolute atomic E-state index is 0.205. The maximum atomic E-state index is 11.7. The minimum atomic E-state index is -0.426. The van der Waals surface area contributed by atoms with Crippen LogP contribution in [0.25, 0.3) is 0 Å². The SMILES string of the molecule is CCNC(=O)c1c(SC)nc(=O)[nH]c1C. The molecule has 0 aliphatic heterocycles. The Morgan fingerprint density at radius 2 is 2.27 bits per heavy atom. The molecule has 1 aromatic heterocycles. The minimum Gasteiger partial charge on any atom is -0.352 e. The molecule has 15 heavy (non-hydrogen) atoms. The van der Waals surface area contributed by atoms with Gasteiger partial charge in [0.2, 0.25) is 0 Å². The molecule has 0 fully saturated rings. The molecular weight excluding hydrogens is 214 g/mol. The number of H-pyrrole nitrogens is 1. The third-order valence-electron chi connectivity index (χ3n) is 1.84. The van der Waals surface area contributed by atoms with Crippen LogP contribution in [0.15, 0.2) is 9.82 Å². The second-order valence-corrected chi connectivity index (χ2v) is 3.71. The highest BCUT2D eigenvalue weighted by Crippen LogP contribution is 2.17. The Kier molecular flexibility index (Phi) is 3.90. The van der Waals surface area contributed by atoms with E-state index in [-0.39, 0.29) is 5.91 Å². The van der Waals surface area contributed by atoms with Crippen molar-refractivity contribution in [3.05, 3.63) is 21.7 Å². The molecule has 1 amide bonds. The number of aromatic nitrogens is 2. The van der Waals surface area contributed by atoms with Crippen molar-refractivity contribution in [1.29, 1.82) is 0 Å². The molecule has 0 atom stereocenters. The van der Waals surface area contributed by atoms with E-state index in [9.17, 15) is 9.59 Å². The summed E-state index contributed by atoms with van der Waals surface area (Å²) in [5.41, 5.74) is 0.569. The van der Waals surface area contributed by atoms with Crippen molar-refractivity contribution in [2.75, 3.05) is 12.8 Å². The van der Waals surface area contributed by atoms with Gasteiger partial charge in [0.25, 0.3) is 5.91 Å². The Hall–Kier alpha value is -1.30. The van der Waals surface area contributed by atoms with Gasteiger partial charge in [-0.25, -0.2) is 4.79 Å². The van der Waals surface area contributed by atoms with Crippen LogP contribution < -0.4 is 11.0 Å². The lowest BCUT2D eigenvalue weighted by atomic mass is 10.2. The molecule has 0 aliphatic rings. The summed E-state index contributed by atoms with van der Waals surface area (Å²) in [5.74, 6) is -0.205. The molecule has 0 radical (unpaired) electrons. The van der Waals surface area contributed by atoms with Gasteiger partial charge >= 0.3 is 5.69 Å². The first-order valence-corrected chi connectivity index (χ1v) is 5.75. The number of carbonyl (C=O) groups excluding carboxylic acids is 1. The van der Waals surface area contributed by atoms with Gasteiger partial charge in [-0.05, 0) is 20.1 Å². The predicted molar refractivity (Wildman–Crippen MR) is 59.4 cm³/mol. The van der Waals surface area contributed by atoms with E-state index >= 15 is 0 Å². The van der Waals surface area contributed by atoms with E-state index in [1.807, 2.05) is 6.92 Å². The van der Waals surface area contributed by atoms with E-state index < -0.39 is 5.69 Å². The number of rotatable bonds is 3. The van der Waals surface area contributed by atoms with Gasteiger partial charge in [-0.3, -0.25) is 4.79 Å². The Balaban J connectivity index is 3.26. The van der Waals surface area contributed by atoms with Crippen LogP contribution in [0.3, 0.4) is 0 Å². The smallest absolute Gasteiger partial charge is 0.346 e. The molecule has 5 nitrogen and oxygen atoms in total. The van der Waals surface area contributed by atoms with Gasteiger partial charge in [0.1, 0.15) is 5.03 Å². The van der Waals surface area contributed by atoms with Crippen LogP contribution in [0, 0.1) is 6.92 Å². The molecule has 0 saturated heterocycles. The predicted octanol–water partition coefficient (Wildman–Crippen LogP) is 0.550. The van der Waals surface area contributed by atoms with Crippen molar-refractivity contribution in [3.8, 4) is 0 Å². The van der Waals surface area contributed by atoms with Gasteiger partial charge in [0, 0.05) is 12.2 Å². The van der Waals surface area contributed by atoms with E-state index in [0.717, 1.165) is 0 Å². The molecule has 0 bridgehead atoms. The molecule has 0 spiro atoms. The molecule has 82 valence electrons. The number of hydrogen-bond donors (Lipinski definition) is 2. The largest absolute Gasteiger partial charge is 0.352 e. The molecule has 1 heterocycles. The standard InChI is InChI=1S/C9H13N3O2S/c1-4-10-7(13)6-5(2)11-9(14)12-8(6)15-3/h4H2,1-3H3,(H,10,13)(H,11,12,14). The fraction of sp³-hybridized carbons (Fsp3) is 0.444. The molecule has 0 saturated carbocycles. The highest BCUT2D eigenvalue weighted by atomic mass is 32.2. The Labute approximate surface area is 91.7 Å². The Morgan fingerprint density at radius 1 is 1.60 bits per heavy atom. The number of nitrogens with one attached hydrogen (secondary N) is 2. The Bertz CT molecular complexity index is 428. The zero-order valence-electron chi connectivity index (χ0n) is 8.88. The molecule has 1 rings (SSSR count). The number of aryl methyl sites for hydroxylation is 1. The zero-order chi connectivity index (χ0) is 11.4. The van der Waals surface area contributed by atoms with Crippen molar-refractivity contribution in [2.45, 2.75) is 18.9 Å². The van der Waals surface area contributed by atoms with Crippen LogP contribution in [-0.2, 0) is 0 Å². The van der Waals surface area contributed by atoms with Crippen LogP contribution in [0.4, 0.5) is 0 Å². The monoisotopic (exact) mass is 227 g/mol. The first kappa shape index (κ1) is 11.8. The number of hydrogen-bond acceptors (Lipinski definition) is 4. The number of aromatic amines is 1. The maximum absolute atomic E-state index is 11.7. The van der Waals surface area contributed by atoms with Gasteiger partial charge < -0.3 is 10.3 Å². The van der Waals surface area contributed by atoms with Crippen LogP contribution in [0.5, 0.6) is 0 Å². The van der Waals surface area contributed by atoms with Crippen molar-refractivity contribution in [2.24, 2.45) is 0 Å². The van der Waals surface area contributed by atoms with Crippen molar-refractivity contribution in [3.63, 3.8) is 0 Å². The average Bonchev–Trinajstić information content (AvgIpc) is 2.16. The summed E-state index contributed by atoms with van der Waals surface area (Å²) >= 11 is 1.29. The fourth-order valence-electron chi connectivity index (χ4n) is 1.22. The summed E-state index contributed by atoms with van der Waals surface area (Å²) in [6.07, 6.45) is 1.78. The number of thioether (sulfide) groups is 1. The molecule has 0 unspecified atom stereocenters. The quantitative estimate of drug-likeness (QED) is 0.584. The second kappa shape index (κ2) is 4.97. The fourth-order valence-corrected chi connectivity index (χ4v) is 1.85. The molecular formula is C9H13N3O2S. The molecule has 6 heteroatoms. The van der Waals surface area contributed by atoms with Gasteiger partial charge in [-0.2, -0.15) is 4.98 Å².